The van der Waals surface area contributed by atoms with Gasteiger partial charge in [0.15, 0.2) is 5.06 Å². The van der Waals surface area contributed by atoms with Gasteiger partial charge < -0.3 is 14.7 Å². The smallest absolute Gasteiger partial charge is 0.346 e. The lowest BCUT2D eigenvalue weighted by Crippen LogP contribution is -2.34. The Morgan fingerprint density at radius 3 is 3.14 bits per heavy atom. The van der Waals surface area contributed by atoms with Gasteiger partial charge >= 0.3 is 5.97 Å². The van der Waals surface area contributed by atoms with Crippen molar-refractivity contribution in [3.63, 3.8) is 0 Å². The van der Waals surface area contributed by atoms with Crippen molar-refractivity contribution in [3.8, 4) is 5.06 Å². The van der Waals surface area contributed by atoms with Crippen LogP contribution in [0.2, 0.25) is 0 Å². The van der Waals surface area contributed by atoms with Gasteiger partial charge in [-0.15, -0.1) is 0 Å². The van der Waals surface area contributed by atoms with Crippen molar-refractivity contribution in [3.05, 3.63) is 10.9 Å². The van der Waals surface area contributed by atoms with Crippen LogP contribution in [0.15, 0.2) is 6.07 Å². The van der Waals surface area contributed by atoms with Gasteiger partial charge in [0.2, 0.25) is 0 Å². The molecule has 0 saturated carbocycles. The highest BCUT2D eigenvalue weighted by molar-refractivity contribution is 7.16. The van der Waals surface area contributed by atoms with Crippen LogP contribution in [0.4, 0.5) is 5.69 Å². The monoisotopic (exact) mass is 213 g/mol. The molecule has 1 N–H and O–H groups in total. The molecule has 0 fully saturated rings. The minimum Gasteiger partial charge on any atom is -0.477 e. The van der Waals surface area contributed by atoms with E-state index in [1.807, 2.05) is 18.9 Å². The van der Waals surface area contributed by atoms with E-state index in [-0.39, 0.29) is 6.10 Å². The fourth-order valence-electron chi connectivity index (χ4n) is 1.52. The molecule has 1 aliphatic heterocycles. The van der Waals surface area contributed by atoms with Crippen LogP contribution in [0, 0.1) is 0 Å². The number of aromatic carboxylic acids is 1. The van der Waals surface area contributed by atoms with Gasteiger partial charge in [-0.05, 0) is 13.0 Å². The second-order valence-electron chi connectivity index (χ2n) is 3.40. The molecule has 0 spiro atoms. The molecule has 0 amide bonds. The van der Waals surface area contributed by atoms with Crippen molar-refractivity contribution >= 4 is 23.0 Å². The zero-order chi connectivity index (χ0) is 10.3. The summed E-state index contributed by atoms with van der Waals surface area (Å²) < 4.78 is 5.55. The number of rotatable bonds is 1. The Hall–Kier alpha value is -1.23. The van der Waals surface area contributed by atoms with Crippen molar-refractivity contribution in [1.29, 1.82) is 0 Å². The van der Waals surface area contributed by atoms with Crippen LogP contribution in [0.1, 0.15) is 16.6 Å². The third kappa shape index (κ3) is 1.43. The van der Waals surface area contributed by atoms with Gasteiger partial charge in [-0.2, -0.15) is 0 Å². The Balaban J connectivity index is 2.40. The molecule has 0 radical (unpaired) electrons. The molecule has 0 bridgehead atoms. The lowest BCUT2D eigenvalue weighted by atomic mass is 10.3. The molecule has 0 aliphatic carbocycles. The first-order valence-corrected chi connectivity index (χ1v) is 5.14. The molecule has 0 aromatic carbocycles. The highest BCUT2D eigenvalue weighted by Gasteiger charge is 2.24. The molecule has 1 aliphatic rings. The van der Waals surface area contributed by atoms with E-state index >= 15 is 0 Å². The predicted molar refractivity (Wildman–Crippen MR) is 54.6 cm³/mol. The summed E-state index contributed by atoms with van der Waals surface area (Å²) in [4.78, 5) is 13.1. The maximum absolute atomic E-state index is 10.7. The quantitative estimate of drug-likeness (QED) is 0.770. The first-order chi connectivity index (χ1) is 6.58. The predicted octanol–water partition coefficient (Wildman–Crippen LogP) is 1.66. The first-order valence-electron chi connectivity index (χ1n) is 4.33. The lowest BCUT2D eigenvalue weighted by Gasteiger charge is -2.29. The second kappa shape index (κ2) is 3.16. The number of thiophene rings is 1. The fourth-order valence-corrected chi connectivity index (χ4v) is 2.51. The average Bonchev–Trinajstić information content (AvgIpc) is 2.47. The minimum absolute atomic E-state index is 0.118. The van der Waals surface area contributed by atoms with E-state index in [2.05, 4.69) is 0 Å². The van der Waals surface area contributed by atoms with Gasteiger partial charge in [0.1, 0.15) is 11.0 Å². The third-order valence-corrected chi connectivity index (χ3v) is 3.14. The van der Waals surface area contributed by atoms with E-state index in [9.17, 15) is 4.79 Å². The van der Waals surface area contributed by atoms with Crippen LogP contribution in [0.5, 0.6) is 5.06 Å². The number of carboxylic acids is 1. The molecule has 1 unspecified atom stereocenters. The van der Waals surface area contributed by atoms with Gasteiger partial charge in [-0.1, -0.05) is 11.3 Å². The summed E-state index contributed by atoms with van der Waals surface area (Å²) in [6.07, 6.45) is 0.118. The molecule has 1 atom stereocenters. The zero-order valence-corrected chi connectivity index (χ0v) is 8.80. The van der Waals surface area contributed by atoms with Crippen LogP contribution >= 0.6 is 11.3 Å². The molecule has 4 nitrogen and oxygen atoms in total. The van der Waals surface area contributed by atoms with E-state index < -0.39 is 5.97 Å². The van der Waals surface area contributed by atoms with Crippen molar-refractivity contribution in [2.24, 2.45) is 0 Å². The maximum atomic E-state index is 10.7. The topological polar surface area (TPSA) is 49.8 Å². The minimum atomic E-state index is -0.894. The summed E-state index contributed by atoms with van der Waals surface area (Å²) in [5.74, 6) is -0.894. The highest BCUT2D eigenvalue weighted by atomic mass is 32.1. The number of likely N-dealkylation sites (N-methyl/N-ethyl adjacent to an activating group) is 1. The first kappa shape index (κ1) is 9.33. The Morgan fingerprint density at radius 1 is 1.79 bits per heavy atom. The maximum Gasteiger partial charge on any atom is 0.346 e. The molecule has 5 heteroatoms. The Labute approximate surface area is 85.7 Å². The number of fused-ring (bicyclic) bond motifs is 1. The molecule has 0 saturated heterocycles. The number of anilines is 1. The Kier molecular flexibility index (Phi) is 2.11. The lowest BCUT2D eigenvalue weighted by molar-refractivity contribution is 0.0702. The summed E-state index contributed by atoms with van der Waals surface area (Å²) in [6, 6.07) is 1.66. The Morgan fingerprint density at radius 2 is 2.50 bits per heavy atom. The summed E-state index contributed by atoms with van der Waals surface area (Å²) in [5.41, 5.74) is 0.880. The number of hydrogen-bond donors (Lipinski definition) is 1. The molecule has 14 heavy (non-hydrogen) atoms. The van der Waals surface area contributed by atoms with E-state index in [0.717, 1.165) is 12.2 Å². The number of ether oxygens (including phenoxy) is 1. The summed E-state index contributed by atoms with van der Waals surface area (Å²) in [5, 5.41) is 9.53. The van der Waals surface area contributed by atoms with Gasteiger partial charge in [-0.25, -0.2) is 4.79 Å². The van der Waals surface area contributed by atoms with Gasteiger partial charge in [0.05, 0.1) is 12.2 Å². The summed E-state index contributed by atoms with van der Waals surface area (Å²) in [6.45, 7) is 2.77. The van der Waals surface area contributed by atoms with Crippen molar-refractivity contribution < 1.29 is 14.6 Å². The van der Waals surface area contributed by atoms with Crippen LogP contribution in [-0.2, 0) is 0 Å². The molecule has 2 rings (SSSR count). The number of nitrogens with zero attached hydrogens (tertiary/aromatic N) is 1. The average molecular weight is 213 g/mol. The molecular weight excluding hydrogens is 202 g/mol. The standard InChI is InChI=1S/C9H11NO3S/c1-5-4-10(2)6-3-7(8(11)12)14-9(6)13-5/h3,5H,4H2,1-2H3,(H,11,12). The van der Waals surface area contributed by atoms with E-state index in [4.69, 9.17) is 9.84 Å². The number of carboxylic acid groups (broad SMARTS) is 1. The van der Waals surface area contributed by atoms with Crippen molar-refractivity contribution in [1.82, 2.24) is 0 Å². The van der Waals surface area contributed by atoms with E-state index in [0.29, 0.717) is 9.94 Å². The third-order valence-electron chi connectivity index (χ3n) is 2.14. The molecule has 1 aromatic heterocycles. The van der Waals surface area contributed by atoms with E-state index in [1.54, 1.807) is 6.07 Å². The zero-order valence-electron chi connectivity index (χ0n) is 7.98. The van der Waals surface area contributed by atoms with Crippen LogP contribution < -0.4 is 9.64 Å². The normalized spacial score (nSPS) is 20.1. The van der Waals surface area contributed by atoms with Crippen molar-refractivity contribution in [2.75, 3.05) is 18.5 Å². The summed E-state index contributed by atoms with van der Waals surface area (Å²) in [7, 11) is 1.94. The number of carbonyl (C=O) groups is 1. The number of hydrogen-bond acceptors (Lipinski definition) is 4. The molecule has 2 heterocycles. The summed E-state index contributed by atoms with van der Waals surface area (Å²) >= 11 is 1.19. The molecule has 76 valence electrons. The molecular formula is C9H11NO3S. The van der Waals surface area contributed by atoms with Crippen LogP contribution in [0.3, 0.4) is 0 Å². The SMILES string of the molecule is CC1CN(C)c2cc(C(=O)O)sc2O1. The van der Waals surface area contributed by atoms with Crippen molar-refractivity contribution in [2.45, 2.75) is 13.0 Å². The van der Waals surface area contributed by atoms with Crippen LogP contribution in [-0.4, -0.2) is 30.8 Å². The van der Waals surface area contributed by atoms with Gasteiger partial charge in [0, 0.05) is 7.05 Å². The highest BCUT2D eigenvalue weighted by Crippen LogP contribution is 2.40. The van der Waals surface area contributed by atoms with E-state index in [1.165, 1.54) is 11.3 Å². The Bertz CT molecular complexity index is 374. The fraction of sp³-hybridized carbons (Fsp3) is 0.444. The second-order valence-corrected chi connectivity index (χ2v) is 4.41. The molecule has 1 aromatic rings. The van der Waals surface area contributed by atoms with Gasteiger partial charge in [-0.3, -0.25) is 0 Å². The largest absolute Gasteiger partial charge is 0.477 e. The van der Waals surface area contributed by atoms with Gasteiger partial charge in [0.25, 0.3) is 0 Å². The van der Waals surface area contributed by atoms with Crippen LogP contribution in [0.25, 0.3) is 0 Å².